The number of rotatable bonds is 2. The lowest BCUT2D eigenvalue weighted by Crippen LogP contribution is -2.23. The fourth-order valence-corrected chi connectivity index (χ4v) is 2.43. The van der Waals surface area contributed by atoms with Crippen molar-refractivity contribution < 1.29 is 26.3 Å². The molecule has 0 atom stereocenters. The molecule has 0 saturated carbocycles. The zero-order valence-corrected chi connectivity index (χ0v) is 10.5. The summed E-state index contributed by atoms with van der Waals surface area (Å²) in [4.78, 5) is -0.777. The van der Waals surface area contributed by atoms with Crippen molar-refractivity contribution in [3.8, 4) is 5.75 Å². The summed E-state index contributed by atoms with van der Waals surface area (Å²) < 4.78 is 64.9. The fraction of sp³-hybridized carbons (Fsp3) is 0.167. The quantitative estimate of drug-likeness (QED) is 0.853. The molecular formula is C12H9F3O3S. The van der Waals surface area contributed by atoms with Gasteiger partial charge in [-0.1, -0.05) is 12.1 Å². The van der Waals surface area contributed by atoms with E-state index in [-0.39, 0.29) is 0 Å². The SMILES string of the molecule is COc1ccc2ccc(S(=O)(=O)C(F)(F)F)cc2c1. The lowest BCUT2D eigenvalue weighted by molar-refractivity contribution is -0.0435. The Kier molecular flexibility index (Phi) is 3.17. The molecule has 0 amide bonds. The van der Waals surface area contributed by atoms with E-state index in [0.717, 1.165) is 12.1 Å². The van der Waals surface area contributed by atoms with Crippen molar-refractivity contribution in [2.75, 3.05) is 7.11 Å². The first kappa shape index (κ1) is 13.7. The van der Waals surface area contributed by atoms with Crippen LogP contribution in [0.3, 0.4) is 0 Å². The van der Waals surface area contributed by atoms with Crippen LogP contribution >= 0.6 is 0 Å². The first-order valence-corrected chi connectivity index (χ1v) is 6.63. The van der Waals surface area contributed by atoms with E-state index in [0.29, 0.717) is 16.5 Å². The molecular weight excluding hydrogens is 281 g/mol. The summed E-state index contributed by atoms with van der Waals surface area (Å²) in [5, 5.41) is 0.992. The summed E-state index contributed by atoms with van der Waals surface area (Å²) in [6, 6.07) is 8.01. The highest BCUT2D eigenvalue weighted by Crippen LogP contribution is 2.32. The molecule has 0 N–H and O–H groups in total. The van der Waals surface area contributed by atoms with E-state index in [9.17, 15) is 21.6 Å². The minimum atomic E-state index is -5.33. The van der Waals surface area contributed by atoms with Gasteiger partial charge in [0.25, 0.3) is 9.84 Å². The molecule has 0 saturated heterocycles. The van der Waals surface area contributed by atoms with Crippen molar-refractivity contribution >= 4 is 20.6 Å². The Labute approximate surface area is 107 Å². The molecule has 0 unspecified atom stereocenters. The second-order valence-electron chi connectivity index (χ2n) is 3.82. The number of ether oxygens (including phenoxy) is 1. The Balaban J connectivity index is 2.65. The van der Waals surface area contributed by atoms with Crippen LogP contribution in [0.1, 0.15) is 0 Å². The van der Waals surface area contributed by atoms with Gasteiger partial charge in [-0.05, 0) is 35.0 Å². The average molecular weight is 290 g/mol. The first-order valence-electron chi connectivity index (χ1n) is 5.15. The Morgan fingerprint density at radius 2 is 1.63 bits per heavy atom. The standard InChI is InChI=1S/C12H9F3O3S/c1-18-10-4-2-8-3-5-11(7-9(8)6-10)19(16,17)12(13,14)15/h2-7H,1H3. The zero-order chi connectivity index (χ0) is 14.3. The molecule has 0 spiro atoms. The second-order valence-corrected chi connectivity index (χ2v) is 5.77. The topological polar surface area (TPSA) is 43.4 Å². The Morgan fingerprint density at radius 3 is 2.21 bits per heavy atom. The smallest absolute Gasteiger partial charge is 0.497 e. The van der Waals surface area contributed by atoms with Gasteiger partial charge in [-0.15, -0.1) is 0 Å². The third-order valence-corrected chi connectivity index (χ3v) is 4.12. The number of halogens is 3. The van der Waals surface area contributed by atoms with Gasteiger partial charge in [0.1, 0.15) is 5.75 Å². The van der Waals surface area contributed by atoms with Crippen molar-refractivity contribution in [2.45, 2.75) is 10.4 Å². The van der Waals surface area contributed by atoms with Gasteiger partial charge in [0.2, 0.25) is 0 Å². The normalized spacial score (nSPS) is 12.6. The lowest BCUT2D eigenvalue weighted by Gasteiger charge is -2.09. The molecule has 2 aromatic rings. The molecule has 0 heterocycles. The van der Waals surface area contributed by atoms with Gasteiger partial charge in [-0.25, -0.2) is 8.42 Å². The summed E-state index contributed by atoms with van der Waals surface area (Å²) in [7, 11) is -3.91. The number of alkyl halides is 3. The molecule has 2 rings (SSSR count). The third kappa shape index (κ3) is 2.37. The minimum absolute atomic E-state index is 0.365. The van der Waals surface area contributed by atoms with Crippen LogP contribution in [0, 0.1) is 0 Å². The highest BCUT2D eigenvalue weighted by Gasteiger charge is 2.46. The van der Waals surface area contributed by atoms with Gasteiger partial charge in [0.05, 0.1) is 12.0 Å². The van der Waals surface area contributed by atoms with Crippen LogP contribution in [0.25, 0.3) is 10.8 Å². The van der Waals surface area contributed by atoms with Crippen molar-refractivity contribution in [3.05, 3.63) is 36.4 Å². The van der Waals surface area contributed by atoms with E-state index < -0.39 is 20.2 Å². The lowest BCUT2D eigenvalue weighted by atomic mass is 10.1. The minimum Gasteiger partial charge on any atom is -0.497 e. The van der Waals surface area contributed by atoms with Gasteiger partial charge < -0.3 is 4.74 Å². The highest BCUT2D eigenvalue weighted by atomic mass is 32.2. The summed E-state index contributed by atoms with van der Waals surface area (Å²) in [5.74, 6) is 0.439. The zero-order valence-electron chi connectivity index (χ0n) is 9.73. The average Bonchev–Trinajstić information content (AvgIpc) is 2.36. The van der Waals surface area contributed by atoms with Crippen LogP contribution in [0.15, 0.2) is 41.3 Å². The predicted molar refractivity (Wildman–Crippen MR) is 63.7 cm³/mol. The maximum atomic E-state index is 12.5. The molecule has 0 fully saturated rings. The number of benzene rings is 2. The van der Waals surface area contributed by atoms with Crippen LogP contribution in [0.5, 0.6) is 5.75 Å². The fourth-order valence-electron chi connectivity index (χ4n) is 1.63. The van der Waals surface area contributed by atoms with Crippen molar-refractivity contribution in [3.63, 3.8) is 0 Å². The molecule has 0 radical (unpaired) electrons. The maximum Gasteiger partial charge on any atom is 0.501 e. The molecule has 0 aliphatic rings. The second kappa shape index (κ2) is 4.41. The number of hydrogen-bond acceptors (Lipinski definition) is 3. The van der Waals surface area contributed by atoms with Gasteiger partial charge in [0.15, 0.2) is 0 Å². The number of hydrogen-bond donors (Lipinski definition) is 0. The molecule has 102 valence electrons. The Bertz CT molecular complexity index is 721. The van der Waals surface area contributed by atoms with E-state index in [1.807, 2.05) is 0 Å². The van der Waals surface area contributed by atoms with Crippen LogP contribution < -0.4 is 4.74 Å². The van der Waals surface area contributed by atoms with Gasteiger partial charge in [-0.2, -0.15) is 13.2 Å². The predicted octanol–water partition coefficient (Wildman–Crippen LogP) is 3.14. The van der Waals surface area contributed by atoms with Gasteiger partial charge in [0, 0.05) is 0 Å². The number of sulfone groups is 1. The molecule has 0 bridgehead atoms. The number of methoxy groups -OCH3 is 1. The summed E-state index contributed by atoms with van der Waals surface area (Å²) in [6.45, 7) is 0. The highest BCUT2D eigenvalue weighted by molar-refractivity contribution is 7.92. The Hall–Kier alpha value is -1.76. The summed E-state index contributed by atoms with van der Waals surface area (Å²) >= 11 is 0. The van der Waals surface area contributed by atoms with Gasteiger partial charge in [-0.3, -0.25) is 0 Å². The Morgan fingerprint density at radius 1 is 1.00 bits per heavy atom. The van der Waals surface area contributed by atoms with Crippen molar-refractivity contribution in [2.24, 2.45) is 0 Å². The van der Waals surface area contributed by atoms with Crippen LogP contribution in [0.2, 0.25) is 0 Å². The molecule has 7 heteroatoms. The number of fused-ring (bicyclic) bond motifs is 1. The van der Waals surface area contributed by atoms with Crippen LogP contribution in [-0.4, -0.2) is 21.0 Å². The van der Waals surface area contributed by atoms with E-state index >= 15 is 0 Å². The largest absolute Gasteiger partial charge is 0.501 e. The van der Waals surface area contributed by atoms with Crippen molar-refractivity contribution in [1.82, 2.24) is 0 Å². The molecule has 0 aromatic heterocycles. The van der Waals surface area contributed by atoms with E-state index in [4.69, 9.17) is 4.74 Å². The molecule has 0 aliphatic heterocycles. The maximum absolute atomic E-state index is 12.5. The van der Waals surface area contributed by atoms with Crippen LogP contribution in [-0.2, 0) is 9.84 Å². The van der Waals surface area contributed by atoms with Crippen molar-refractivity contribution in [1.29, 1.82) is 0 Å². The van der Waals surface area contributed by atoms with E-state index in [1.54, 1.807) is 12.1 Å². The first-order chi connectivity index (χ1) is 8.75. The molecule has 19 heavy (non-hydrogen) atoms. The van der Waals surface area contributed by atoms with E-state index in [1.165, 1.54) is 19.2 Å². The summed E-state index contributed by atoms with van der Waals surface area (Å²) in [5.41, 5.74) is -5.31. The monoisotopic (exact) mass is 290 g/mol. The third-order valence-electron chi connectivity index (χ3n) is 2.63. The van der Waals surface area contributed by atoms with Crippen LogP contribution in [0.4, 0.5) is 13.2 Å². The van der Waals surface area contributed by atoms with Gasteiger partial charge >= 0.3 is 5.51 Å². The molecule has 3 nitrogen and oxygen atoms in total. The van der Waals surface area contributed by atoms with E-state index in [2.05, 4.69) is 0 Å². The molecule has 2 aromatic carbocycles. The molecule has 0 aliphatic carbocycles. The summed E-state index contributed by atoms with van der Waals surface area (Å²) in [6.07, 6.45) is 0.